The van der Waals surface area contributed by atoms with Gasteiger partial charge in [0.15, 0.2) is 0 Å². The molecule has 2 saturated heterocycles. The van der Waals surface area contributed by atoms with Crippen molar-refractivity contribution < 1.29 is 33.0 Å². The van der Waals surface area contributed by atoms with Gasteiger partial charge in [-0.1, -0.05) is 6.92 Å². The Balaban J connectivity index is 1.38. The van der Waals surface area contributed by atoms with Gasteiger partial charge >= 0.3 is 5.97 Å². The minimum Gasteiger partial charge on any atom is -0.477 e. The number of carboxylic acids is 1. The van der Waals surface area contributed by atoms with Gasteiger partial charge in [0.25, 0.3) is 0 Å². The summed E-state index contributed by atoms with van der Waals surface area (Å²) in [6, 6.07) is 0.443. The molecule has 35 heavy (non-hydrogen) atoms. The van der Waals surface area contributed by atoms with Crippen LogP contribution in [0.25, 0.3) is 0 Å². The van der Waals surface area contributed by atoms with Gasteiger partial charge in [-0.2, -0.15) is 0 Å². The molecule has 0 bridgehead atoms. The smallest absolute Gasteiger partial charge is 0.353 e. The average molecular weight is 526 g/mol. The van der Waals surface area contributed by atoms with Crippen LogP contribution in [0, 0.1) is 11.8 Å². The lowest BCUT2D eigenvalue weighted by molar-refractivity contribution is -0.163. The molecule has 2 amide bonds. The Morgan fingerprint density at radius 1 is 1.40 bits per heavy atom. The van der Waals surface area contributed by atoms with Gasteiger partial charge < -0.3 is 25.7 Å². The first-order valence-corrected chi connectivity index (χ1v) is 13.5. The highest BCUT2D eigenvalue weighted by Crippen LogP contribution is 2.51. The number of pyridine rings is 1. The SMILES string of the molecule is C[C@@H](O)[C@H]1C(=O)N2C(C(=O)O)=C(S[C@@H]3CN[C@H](C(=O)NCc4cncc(S(N)(=O)=O)c4)C3)[C@H](C)[C@H]12. The highest BCUT2D eigenvalue weighted by molar-refractivity contribution is 8.03. The van der Waals surface area contributed by atoms with Gasteiger partial charge in [0, 0.05) is 41.6 Å². The van der Waals surface area contributed by atoms with Crippen LogP contribution in [0.5, 0.6) is 0 Å². The molecule has 12 nitrogen and oxygen atoms in total. The van der Waals surface area contributed by atoms with Gasteiger partial charge in [-0.05, 0) is 25.0 Å². The van der Waals surface area contributed by atoms with Crippen molar-refractivity contribution in [1.29, 1.82) is 0 Å². The predicted molar refractivity (Wildman–Crippen MR) is 125 cm³/mol. The minimum atomic E-state index is -3.90. The van der Waals surface area contributed by atoms with E-state index in [1.807, 2.05) is 6.92 Å². The number of rotatable bonds is 8. The van der Waals surface area contributed by atoms with Crippen molar-refractivity contribution in [3.05, 3.63) is 34.6 Å². The summed E-state index contributed by atoms with van der Waals surface area (Å²) in [7, 11) is -3.90. The molecule has 0 spiro atoms. The van der Waals surface area contributed by atoms with E-state index in [1.165, 1.54) is 35.8 Å². The number of aliphatic hydroxyl groups is 1. The number of β-lactam (4-membered cyclic amide) rings is 1. The van der Waals surface area contributed by atoms with E-state index in [2.05, 4.69) is 15.6 Å². The maximum atomic E-state index is 12.7. The molecule has 4 rings (SSSR count). The number of nitrogens with zero attached hydrogens (tertiary/aromatic N) is 2. The number of carboxylic acid groups (broad SMARTS) is 1. The molecule has 1 aromatic rings. The van der Waals surface area contributed by atoms with Crippen molar-refractivity contribution in [2.24, 2.45) is 17.0 Å². The first-order valence-electron chi connectivity index (χ1n) is 11.0. The second kappa shape index (κ2) is 9.50. The number of thioether (sulfide) groups is 1. The lowest BCUT2D eigenvalue weighted by atomic mass is 9.79. The number of amides is 2. The third-order valence-electron chi connectivity index (χ3n) is 6.58. The molecule has 6 N–H and O–H groups in total. The van der Waals surface area contributed by atoms with Crippen molar-refractivity contribution in [3.63, 3.8) is 0 Å². The third kappa shape index (κ3) is 4.80. The summed E-state index contributed by atoms with van der Waals surface area (Å²) >= 11 is 1.35. The van der Waals surface area contributed by atoms with Crippen LogP contribution in [0.1, 0.15) is 25.8 Å². The molecule has 2 fully saturated rings. The first-order chi connectivity index (χ1) is 16.4. The van der Waals surface area contributed by atoms with Crippen LogP contribution in [0.3, 0.4) is 0 Å². The van der Waals surface area contributed by atoms with Gasteiger partial charge in [0.05, 0.1) is 24.1 Å². The molecule has 0 saturated carbocycles. The molecule has 0 radical (unpaired) electrons. The van der Waals surface area contributed by atoms with Crippen LogP contribution >= 0.6 is 11.8 Å². The Morgan fingerprint density at radius 2 is 2.11 bits per heavy atom. The number of nitrogens with one attached hydrogen (secondary N) is 2. The number of primary sulfonamides is 1. The number of sulfonamides is 1. The Bertz CT molecular complexity index is 1200. The Kier molecular flexibility index (Phi) is 6.94. The zero-order chi connectivity index (χ0) is 25.7. The Hall–Kier alpha value is -2.52. The first kappa shape index (κ1) is 25.6. The quantitative estimate of drug-likeness (QED) is 0.262. The minimum absolute atomic E-state index is 0.0375. The molecule has 3 aliphatic heterocycles. The number of aliphatic hydroxyl groups excluding tert-OH is 1. The number of hydrogen-bond acceptors (Lipinski definition) is 9. The second-order valence-corrected chi connectivity index (χ2v) is 11.9. The van der Waals surface area contributed by atoms with Crippen molar-refractivity contribution in [2.75, 3.05) is 6.54 Å². The second-order valence-electron chi connectivity index (χ2n) is 9.00. The number of nitrogens with two attached hydrogens (primary N) is 1. The fourth-order valence-corrected chi connectivity index (χ4v) is 6.88. The zero-order valence-electron chi connectivity index (χ0n) is 19.0. The van der Waals surface area contributed by atoms with E-state index in [9.17, 15) is 33.0 Å². The Morgan fingerprint density at radius 3 is 2.74 bits per heavy atom. The highest BCUT2D eigenvalue weighted by Gasteiger charge is 2.60. The van der Waals surface area contributed by atoms with E-state index in [0.717, 1.165) is 6.20 Å². The van der Waals surface area contributed by atoms with Crippen LogP contribution in [-0.2, 0) is 31.0 Å². The summed E-state index contributed by atoms with van der Waals surface area (Å²) in [6.07, 6.45) is 2.13. The van der Waals surface area contributed by atoms with Gasteiger partial charge in [-0.3, -0.25) is 14.6 Å². The molecule has 3 aliphatic rings. The molecule has 1 aromatic heterocycles. The number of carbonyl (C=O) groups excluding carboxylic acids is 2. The molecular formula is C21H27N5O7S2. The van der Waals surface area contributed by atoms with Gasteiger partial charge in [-0.15, -0.1) is 11.8 Å². The molecule has 0 aromatic carbocycles. The van der Waals surface area contributed by atoms with E-state index in [4.69, 9.17) is 5.14 Å². The molecule has 0 unspecified atom stereocenters. The van der Waals surface area contributed by atoms with Crippen LogP contribution < -0.4 is 15.8 Å². The average Bonchev–Trinajstić information content (AvgIpc) is 3.33. The molecular weight excluding hydrogens is 498 g/mol. The maximum Gasteiger partial charge on any atom is 0.353 e. The number of aromatic nitrogens is 1. The van der Waals surface area contributed by atoms with E-state index in [1.54, 1.807) is 0 Å². The summed E-state index contributed by atoms with van der Waals surface area (Å²) in [5.74, 6) is -2.72. The van der Waals surface area contributed by atoms with Crippen LogP contribution in [0.15, 0.2) is 34.0 Å². The number of aliphatic carboxylic acids is 1. The fraction of sp³-hybridized carbons (Fsp3) is 0.524. The molecule has 0 aliphatic carbocycles. The molecule has 14 heteroatoms. The molecule has 4 heterocycles. The summed E-state index contributed by atoms with van der Waals surface area (Å²) in [5, 5.41) is 30.6. The lowest BCUT2D eigenvalue weighted by Crippen LogP contribution is -2.63. The third-order valence-corrected chi connectivity index (χ3v) is 8.97. The maximum absolute atomic E-state index is 12.7. The van der Waals surface area contributed by atoms with E-state index in [-0.39, 0.29) is 46.2 Å². The van der Waals surface area contributed by atoms with Crippen molar-refractivity contribution in [2.45, 2.75) is 55.1 Å². The standard InChI is InChI=1S/C21H27N5O7S2/c1-9-16-15(10(2)27)20(29)26(16)17(21(30)31)18(9)34-12-4-14(24-7-12)19(28)25-6-11-3-13(8-23-5-11)35(22,32)33/h3,5,8-10,12,14-16,24,27H,4,6-7H2,1-2H3,(H,25,28)(H,30,31)(H2,22,32,33)/t9-,10-,12+,14+,15-,16-/m1/s1. The lowest BCUT2D eigenvalue weighted by Gasteiger charge is -2.46. The van der Waals surface area contributed by atoms with Gasteiger partial charge in [0.2, 0.25) is 21.8 Å². The topological polar surface area (TPSA) is 192 Å². The Labute approximate surface area is 206 Å². The van der Waals surface area contributed by atoms with Crippen molar-refractivity contribution >= 4 is 39.6 Å². The van der Waals surface area contributed by atoms with Crippen molar-refractivity contribution in [1.82, 2.24) is 20.5 Å². The number of carbonyl (C=O) groups is 3. The van der Waals surface area contributed by atoms with Crippen LogP contribution in [0.2, 0.25) is 0 Å². The number of fused-ring (bicyclic) bond motifs is 1. The summed E-state index contributed by atoms with van der Waals surface area (Å²) < 4.78 is 23.0. The number of hydrogen-bond donors (Lipinski definition) is 5. The summed E-state index contributed by atoms with van der Waals surface area (Å²) in [5.41, 5.74) is 0.441. The van der Waals surface area contributed by atoms with Crippen LogP contribution in [0.4, 0.5) is 0 Å². The normalized spacial score (nSPS) is 29.1. The summed E-state index contributed by atoms with van der Waals surface area (Å²) in [4.78, 5) is 42.7. The van der Waals surface area contributed by atoms with E-state index >= 15 is 0 Å². The van der Waals surface area contributed by atoms with Crippen molar-refractivity contribution in [3.8, 4) is 0 Å². The monoisotopic (exact) mass is 525 g/mol. The fourth-order valence-electron chi connectivity index (χ4n) is 4.88. The predicted octanol–water partition coefficient (Wildman–Crippen LogP) is -1.04. The van der Waals surface area contributed by atoms with Gasteiger partial charge in [-0.25, -0.2) is 18.4 Å². The summed E-state index contributed by atoms with van der Waals surface area (Å²) in [6.45, 7) is 3.92. The van der Waals surface area contributed by atoms with E-state index in [0.29, 0.717) is 23.4 Å². The zero-order valence-corrected chi connectivity index (χ0v) is 20.7. The molecule has 190 valence electrons. The molecule has 6 atom stereocenters. The van der Waals surface area contributed by atoms with Crippen LogP contribution in [-0.4, -0.2) is 76.3 Å². The van der Waals surface area contributed by atoms with E-state index < -0.39 is 34.1 Å². The van der Waals surface area contributed by atoms with Gasteiger partial charge in [0.1, 0.15) is 10.6 Å². The largest absolute Gasteiger partial charge is 0.477 e. The highest BCUT2D eigenvalue weighted by atomic mass is 32.2.